The van der Waals surface area contributed by atoms with Crippen molar-refractivity contribution >= 4 is 17.5 Å². The zero-order valence-corrected chi connectivity index (χ0v) is 14.6. The zero-order valence-electron chi connectivity index (χ0n) is 13.8. The van der Waals surface area contributed by atoms with Crippen molar-refractivity contribution in [1.82, 2.24) is 15.1 Å². The van der Waals surface area contributed by atoms with Crippen molar-refractivity contribution in [3.05, 3.63) is 52.3 Å². The molecule has 1 atom stereocenters. The SMILES string of the molecule is Cc1cc(C2CCCN(C(=O)COCc3ccccc3Cl)C2)n[nH]1. The average molecular weight is 348 g/mol. The van der Waals surface area contributed by atoms with E-state index in [0.717, 1.165) is 36.3 Å². The number of ether oxygens (including phenoxy) is 1. The number of H-pyrrole nitrogens is 1. The summed E-state index contributed by atoms with van der Waals surface area (Å²) in [5, 5.41) is 7.98. The smallest absolute Gasteiger partial charge is 0.248 e. The summed E-state index contributed by atoms with van der Waals surface area (Å²) in [7, 11) is 0. The Kier molecular flexibility index (Phi) is 5.53. The van der Waals surface area contributed by atoms with Crippen LogP contribution in [0.25, 0.3) is 0 Å². The maximum Gasteiger partial charge on any atom is 0.248 e. The second-order valence-corrected chi connectivity index (χ2v) is 6.65. The molecule has 0 saturated carbocycles. The van der Waals surface area contributed by atoms with Crippen LogP contribution in [0.4, 0.5) is 0 Å². The molecule has 3 rings (SSSR count). The lowest BCUT2D eigenvalue weighted by Crippen LogP contribution is -2.41. The Morgan fingerprint density at radius 1 is 1.46 bits per heavy atom. The van der Waals surface area contributed by atoms with Gasteiger partial charge in [0.15, 0.2) is 0 Å². The van der Waals surface area contributed by atoms with Crippen LogP contribution < -0.4 is 0 Å². The van der Waals surface area contributed by atoms with Gasteiger partial charge in [-0.3, -0.25) is 9.89 Å². The molecule has 2 aromatic rings. The number of carbonyl (C=O) groups is 1. The van der Waals surface area contributed by atoms with E-state index in [1.54, 1.807) is 0 Å². The highest BCUT2D eigenvalue weighted by Gasteiger charge is 2.26. The molecule has 0 spiro atoms. The van der Waals surface area contributed by atoms with E-state index in [1.165, 1.54) is 0 Å². The molecule has 0 aliphatic carbocycles. The van der Waals surface area contributed by atoms with Crippen molar-refractivity contribution in [2.75, 3.05) is 19.7 Å². The van der Waals surface area contributed by atoms with E-state index in [1.807, 2.05) is 36.1 Å². The molecule has 128 valence electrons. The van der Waals surface area contributed by atoms with Crippen LogP contribution in [0.15, 0.2) is 30.3 Å². The molecule has 0 radical (unpaired) electrons. The topological polar surface area (TPSA) is 58.2 Å². The van der Waals surface area contributed by atoms with Gasteiger partial charge < -0.3 is 9.64 Å². The van der Waals surface area contributed by atoms with Crippen molar-refractivity contribution in [3.8, 4) is 0 Å². The predicted octanol–water partition coefficient (Wildman–Crippen LogP) is 3.29. The van der Waals surface area contributed by atoms with Gasteiger partial charge in [0.2, 0.25) is 5.91 Å². The van der Waals surface area contributed by atoms with Gasteiger partial charge in [-0.1, -0.05) is 29.8 Å². The number of nitrogens with one attached hydrogen (secondary N) is 1. The molecule has 1 aliphatic heterocycles. The molecule has 1 fully saturated rings. The summed E-state index contributed by atoms with van der Waals surface area (Å²) in [5.41, 5.74) is 2.99. The quantitative estimate of drug-likeness (QED) is 0.902. The van der Waals surface area contributed by atoms with E-state index < -0.39 is 0 Å². The largest absolute Gasteiger partial charge is 0.367 e. The maximum atomic E-state index is 12.4. The molecule has 1 aromatic carbocycles. The Labute approximate surface area is 147 Å². The Bertz CT molecular complexity index is 701. The number of hydrogen-bond donors (Lipinski definition) is 1. The van der Waals surface area contributed by atoms with Gasteiger partial charge in [0, 0.05) is 29.7 Å². The molecule has 2 heterocycles. The molecule has 1 saturated heterocycles. The van der Waals surface area contributed by atoms with Gasteiger partial charge in [-0.15, -0.1) is 0 Å². The molecule has 0 bridgehead atoms. The second kappa shape index (κ2) is 7.81. The van der Waals surface area contributed by atoms with Crippen molar-refractivity contribution < 1.29 is 9.53 Å². The van der Waals surface area contributed by atoms with Crippen LogP contribution in [0, 0.1) is 6.92 Å². The van der Waals surface area contributed by atoms with Crippen LogP contribution in [0.1, 0.15) is 35.7 Å². The summed E-state index contributed by atoms with van der Waals surface area (Å²) < 4.78 is 5.56. The first-order valence-corrected chi connectivity index (χ1v) is 8.62. The summed E-state index contributed by atoms with van der Waals surface area (Å²) in [6, 6.07) is 9.58. The summed E-state index contributed by atoms with van der Waals surface area (Å²) >= 11 is 6.09. The Morgan fingerprint density at radius 3 is 3.04 bits per heavy atom. The van der Waals surface area contributed by atoms with E-state index in [2.05, 4.69) is 16.3 Å². The third-order valence-corrected chi connectivity index (χ3v) is 4.73. The standard InChI is InChI=1S/C18H22ClN3O2/c1-13-9-17(21-20-13)14-6-4-8-22(10-14)18(23)12-24-11-15-5-2-3-7-16(15)19/h2-3,5,7,9,14H,4,6,8,10-12H2,1H3,(H,20,21). The van der Waals surface area contributed by atoms with Crippen LogP contribution in [0.2, 0.25) is 5.02 Å². The molecule has 24 heavy (non-hydrogen) atoms. The number of aromatic amines is 1. The minimum atomic E-state index is 0.0269. The highest BCUT2D eigenvalue weighted by molar-refractivity contribution is 6.31. The number of amides is 1. The molecule has 5 nitrogen and oxygen atoms in total. The van der Waals surface area contributed by atoms with Crippen LogP contribution >= 0.6 is 11.6 Å². The number of halogens is 1. The first-order chi connectivity index (χ1) is 11.6. The number of benzene rings is 1. The number of aryl methyl sites for hydroxylation is 1. The van der Waals surface area contributed by atoms with Crippen molar-refractivity contribution in [2.24, 2.45) is 0 Å². The number of rotatable bonds is 5. The minimum Gasteiger partial charge on any atom is -0.367 e. The van der Waals surface area contributed by atoms with Gasteiger partial charge in [0.25, 0.3) is 0 Å². The fourth-order valence-corrected chi connectivity index (χ4v) is 3.24. The van der Waals surface area contributed by atoms with Gasteiger partial charge >= 0.3 is 0 Å². The lowest BCUT2D eigenvalue weighted by Gasteiger charge is -2.32. The normalized spacial score (nSPS) is 17.9. The summed E-state index contributed by atoms with van der Waals surface area (Å²) in [6.45, 7) is 3.91. The minimum absolute atomic E-state index is 0.0269. The summed E-state index contributed by atoms with van der Waals surface area (Å²) in [4.78, 5) is 14.3. The van der Waals surface area contributed by atoms with E-state index >= 15 is 0 Å². The van der Waals surface area contributed by atoms with E-state index in [4.69, 9.17) is 16.3 Å². The molecule has 1 aliphatic rings. The van der Waals surface area contributed by atoms with Crippen molar-refractivity contribution in [1.29, 1.82) is 0 Å². The lowest BCUT2D eigenvalue weighted by molar-refractivity contribution is -0.137. The molecule has 1 aromatic heterocycles. The van der Waals surface area contributed by atoms with Gasteiger partial charge in [-0.25, -0.2) is 0 Å². The summed E-state index contributed by atoms with van der Waals surface area (Å²) in [6.07, 6.45) is 2.06. The molecule has 1 unspecified atom stereocenters. The first kappa shape index (κ1) is 17.0. The lowest BCUT2D eigenvalue weighted by atomic mass is 9.94. The second-order valence-electron chi connectivity index (χ2n) is 6.24. The van der Waals surface area contributed by atoms with Crippen molar-refractivity contribution in [2.45, 2.75) is 32.3 Å². The molecule has 1 N–H and O–H groups in total. The zero-order chi connectivity index (χ0) is 16.9. The first-order valence-electron chi connectivity index (χ1n) is 8.24. The highest BCUT2D eigenvalue weighted by Crippen LogP contribution is 2.26. The highest BCUT2D eigenvalue weighted by atomic mass is 35.5. The number of nitrogens with zero attached hydrogens (tertiary/aromatic N) is 2. The van der Waals surface area contributed by atoms with E-state index in [0.29, 0.717) is 24.1 Å². The number of carbonyl (C=O) groups excluding carboxylic acids is 1. The number of aromatic nitrogens is 2. The fourth-order valence-electron chi connectivity index (χ4n) is 3.05. The van der Waals surface area contributed by atoms with Crippen LogP contribution in [0.3, 0.4) is 0 Å². The Balaban J connectivity index is 1.50. The van der Waals surface area contributed by atoms with Crippen LogP contribution in [-0.2, 0) is 16.1 Å². The molecule has 1 amide bonds. The predicted molar refractivity (Wildman–Crippen MR) is 93.0 cm³/mol. The monoisotopic (exact) mass is 347 g/mol. The van der Waals surface area contributed by atoms with Gasteiger partial charge in [0.05, 0.1) is 12.3 Å². The molecular formula is C18H22ClN3O2. The third kappa shape index (κ3) is 4.16. The number of piperidine rings is 1. The summed E-state index contributed by atoms with van der Waals surface area (Å²) in [5.74, 6) is 0.329. The van der Waals surface area contributed by atoms with Crippen LogP contribution in [-0.4, -0.2) is 40.7 Å². The Morgan fingerprint density at radius 2 is 2.29 bits per heavy atom. The van der Waals surface area contributed by atoms with E-state index in [9.17, 15) is 4.79 Å². The molecule has 6 heteroatoms. The number of likely N-dealkylation sites (tertiary alicyclic amines) is 1. The fraction of sp³-hybridized carbons (Fsp3) is 0.444. The van der Waals surface area contributed by atoms with Gasteiger partial charge in [0.1, 0.15) is 6.61 Å². The van der Waals surface area contributed by atoms with Crippen LogP contribution in [0.5, 0.6) is 0 Å². The Hall–Kier alpha value is -1.85. The van der Waals surface area contributed by atoms with Crippen molar-refractivity contribution in [3.63, 3.8) is 0 Å². The third-order valence-electron chi connectivity index (χ3n) is 4.36. The van der Waals surface area contributed by atoms with Gasteiger partial charge in [-0.05, 0) is 37.5 Å². The molecular weight excluding hydrogens is 326 g/mol. The average Bonchev–Trinajstić information content (AvgIpc) is 3.03. The maximum absolute atomic E-state index is 12.4. The van der Waals surface area contributed by atoms with E-state index in [-0.39, 0.29) is 12.5 Å². The number of hydrogen-bond acceptors (Lipinski definition) is 3. The van der Waals surface area contributed by atoms with Gasteiger partial charge in [-0.2, -0.15) is 5.10 Å².